The Kier molecular flexibility index (Phi) is 4.49. The minimum absolute atomic E-state index is 0.0768. The lowest BCUT2D eigenvalue weighted by atomic mass is 10.0. The molecule has 1 aliphatic carbocycles. The molecule has 192 valence electrons. The standard InChI is InChI=1S/C27H21ClN10O/c1-36-22-6-13(2-4-16(22)26(29)33-36)20-11-30-27(32-20)25-19-10-18(19)23-7-14(8-24(39)38(23)25)17-9-15(28)3-5-21(17)37-12-31-34-35-37/h2-9,11-12,18-19,25H,10H2,1H3,(H2,29,33)(H,30,32). The van der Waals surface area contributed by atoms with Crippen molar-refractivity contribution in [3.63, 3.8) is 0 Å². The highest BCUT2D eigenvalue weighted by atomic mass is 35.5. The number of tetrazole rings is 1. The highest BCUT2D eigenvalue weighted by molar-refractivity contribution is 6.31. The van der Waals surface area contributed by atoms with E-state index in [9.17, 15) is 4.79 Å². The molecular weight excluding hydrogens is 516 g/mol. The molecule has 0 amide bonds. The molecule has 2 aromatic carbocycles. The van der Waals surface area contributed by atoms with Gasteiger partial charge in [-0.2, -0.15) is 9.78 Å². The number of halogens is 1. The van der Waals surface area contributed by atoms with Crippen LogP contribution in [0, 0.1) is 5.92 Å². The Morgan fingerprint density at radius 2 is 2.00 bits per heavy atom. The summed E-state index contributed by atoms with van der Waals surface area (Å²) in [6.45, 7) is 0. The van der Waals surface area contributed by atoms with Crippen LogP contribution >= 0.6 is 11.6 Å². The SMILES string of the molecule is Cn1nc(N)c2ccc(-c3cnc(C4C5CC5c5cc(-c6cc(Cl)ccc6-n6cnnn6)cc(=O)n54)[nH]3)cc21. The van der Waals surface area contributed by atoms with E-state index in [1.54, 1.807) is 21.5 Å². The number of imidazole rings is 1. The average Bonchev–Trinajstić information content (AvgIpc) is 3.33. The zero-order valence-corrected chi connectivity index (χ0v) is 21.4. The van der Waals surface area contributed by atoms with Gasteiger partial charge in [-0.25, -0.2) is 4.98 Å². The van der Waals surface area contributed by atoms with Crippen molar-refractivity contribution in [3.8, 4) is 28.1 Å². The van der Waals surface area contributed by atoms with Crippen molar-refractivity contribution in [1.82, 2.24) is 44.5 Å². The molecule has 11 nitrogen and oxygen atoms in total. The van der Waals surface area contributed by atoms with Gasteiger partial charge in [-0.05, 0) is 64.7 Å². The third kappa shape index (κ3) is 3.29. The van der Waals surface area contributed by atoms with Crippen LogP contribution in [-0.2, 0) is 7.05 Å². The summed E-state index contributed by atoms with van der Waals surface area (Å²) in [7, 11) is 1.87. The van der Waals surface area contributed by atoms with E-state index in [1.165, 1.54) is 6.33 Å². The number of aromatic amines is 1. The van der Waals surface area contributed by atoms with Gasteiger partial charge in [0.2, 0.25) is 0 Å². The summed E-state index contributed by atoms with van der Waals surface area (Å²) in [6, 6.07) is 15.1. The number of pyridine rings is 1. The Hall–Kier alpha value is -4.77. The second-order valence-corrected chi connectivity index (χ2v) is 10.6. The molecule has 12 heteroatoms. The van der Waals surface area contributed by atoms with Crippen LogP contribution in [-0.4, -0.2) is 44.5 Å². The van der Waals surface area contributed by atoms with Crippen LogP contribution in [0.5, 0.6) is 0 Å². The number of rotatable bonds is 4. The van der Waals surface area contributed by atoms with Crippen molar-refractivity contribution >= 4 is 28.3 Å². The van der Waals surface area contributed by atoms with Crippen molar-refractivity contribution in [2.45, 2.75) is 18.4 Å². The minimum Gasteiger partial charge on any atom is -0.382 e. The first-order chi connectivity index (χ1) is 19.0. The molecule has 5 heterocycles. The fraction of sp³-hybridized carbons (Fsp3) is 0.185. The highest BCUT2D eigenvalue weighted by Gasteiger charge is 2.54. The summed E-state index contributed by atoms with van der Waals surface area (Å²) < 4.78 is 5.23. The van der Waals surface area contributed by atoms with Gasteiger partial charge in [0.15, 0.2) is 5.82 Å². The van der Waals surface area contributed by atoms with Crippen molar-refractivity contribution in [3.05, 3.63) is 87.9 Å². The second-order valence-electron chi connectivity index (χ2n) is 10.2. The van der Waals surface area contributed by atoms with E-state index < -0.39 is 0 Å². The minimum atomic E-state index is -0.144. The van der Waals surface area contributed by atoms with Gasteiger partial charge in [0.25, 0.3) is 5.56 Å². The average molecular weight is 537 g/mol. The van der Waals surface area contributed by atoms with Crippen LogP contribution in [0.3, 0.4) is 0 Å². The Labute approximate surface area is 225 Å². The summed E-state index contributed by atoms with van der Waals surface area (Å²) >= 11 is 6.35. The molecule has 0 saturated heterocycles. The number of hydrogen-bond donors (Lipinski definition) is 2. The van der Waals surface area contributed by atoms with Crippen molar-refractivity contribution in [1.29, 1.82) is 0 Å². The molecule has 6 aromatic rings. The normalized spacial score (nSPS) is 19.4. The Morgan fingerprint density at radius 1 is 1.10 bits per heavy atom. The number of hydrogen-bond acceptors (Lipinski definition) is 7. The third-order valence-electron chi connectivity index (χ3n) is 7.93. The number of nitrogen functional groups attached to an aromatic ring is 1. The monoisotopic (exact) mass is 536 g/mol. The predicted octanol–water partition coefficient (Wildman–Crippen LogP) is 3.71. The molecule has 39 heavy (non-hydrogen) atoms. The van der Waals surface area contributed by atoms with Gasteiger partial charge in [0.05, 0.1) is 29.1 Å². The number of fused-ring (bicyclic) bond motifs is 4. The Balaban J connectivity index is 1.19. The van der Waals surface area contributed by atoms with Gasteiger partial charge in [-0.1, -0.05) is 17.7 Å². The van der Waals surface area contributed by atoms with E-state index >= 15 is 0 Å². The first kappa shape index (κ1) is 22.2. The van der Waals surface area contributed by atoms with Gasteiger partial charge >= 0.3 is 0 Å². The number of H-pyrrole nitrogens is 1. The Bertz CT molecular complexity index is 1990. The van der Waals surface area contributed by atoms with E-state index in [4.69, 9.17) is 22.3 Å². The lowest BCUT2D eigenvalue weighted by Gasteiger charge is -2.18. The lowest BCUT2D eigenvalue weighted by molar-refractivity contribution is 0.515. The van der Waals surface area contributed by atoms with Crippen LogP contribution in [0.25, 0.3) is 39.0 Å². The summed E-state index contributed by atoms with van der Waals surface area (Å²) in [4.78, 5) is 21.8. The molecule has 1 aliphatic heterocycles. The molecule has 3 atom stereocenters. The number of nitrogens with zero attached hydrogens (tertiary/aromatic N) is 8. The molecule has 4 aromatic heterocycles. The summed E-state index contributed by atoms with van der Waals surface area (Å²) in [5.74, 6) is 1.92. The molecule has 3 N–H and O–H groups in total. The van der Waals surface area contributed by atoms with Crippen LogP contribution in [0.2, 0.25) is 5.02 Å². The van der Waals surface area contributed by atoms with Gasteiger partial charge in [0.1, 0.15) is 12.2 Å². The lowest BCUT2D eigenvalue weighted by Crippen LogP contribution is -2.26. The van der Waals surface area contributed by atoms with E-state index in [-0.39, 0.29) is 11.6 Å². The van der Waals surface area contributed by atoms with Gasteiger partial charge in [-0.15, -0.1) is 5.10 Å². The maximum absolute atomic E-state index is 13.6. The molecule has 1 saturated carbocycles. The van der Waals surface area contributed by atoms with Crippen molar-refractivity contribution in [2.75, 3.05) is 5.73 Å². The molecule has 0 bridgehead atoms. The number of nitrogens with one attached hydrogen (secondary N) is 1. The first-order valence-corrected chi connectivity index (χ1v) is 12.9. The zero-order valence-electron chi connectivity index (χ0n) is 20.7. The quantitative estimate of drug-likeness (QED) is 0.350. The molecular formula is C27H21ClN10O. The fourth-order valence-corrected chi connectivity index (χ4v) is 6.23. The molecule has 3 unspecified atom stereocenters. The largest absolute Gasteiger partial charge is 0.382 e. The summed E-state index contributed by atoms with van der Waals surface area (Å²) in [5, 5.41) is 17.3. The smallest absolute Gasteiger partial charge is 0.252 e. The van der Waals surface area contributed by atoms with Crippen molar-refractivity contribution in [2.24, 2.45) is 13.0 Å². The maximum Gasteiger partial charge on any atom is 0.252 e. The highest BCUT2D eigenvalue weighted by Crippen LogP contribution is 2.60. The fourth-order valence-electron chi connectivity index (χ4n) is 6.06. The number of anilines is 1. The zero-order chi connectivity index (χ0) is 26.4. The predicted molar refractivity (Wildman–Crippen MR) is 146 cm³/mol. The molecule has 8 rings (SSSR count). The number of benzene rings is 2. The van der Waals surface area contributed by atoms with Crippen LogP contribution in [0.1, 0.15) is 29.9 Å². The summed E-state index contributed by atoms with van der Waals surface area (Å²) in [5.41, 5.74) is 12.1. The second kappa shape index (κ2) is 7.87. The van der Waals surface area contributed by atoms with Crippen LogP contribution in [0.4, 0.5) is 5.82 Å². The van der Waals surface area contributed by atoms with E-state index in [1.807, 2.05) is 48.1 Å². The van der Waals surface area contributed by atoms with E-state index in [2.05, 4.69) is 31.7 Å². The van der Waals surface area contributed by atoms with Crippen molar-refractivity contribution < 1.29 is 0 Å². The third-order valence-corrected chi connectivity index (χ3v) is 8.17. The maximum atomic E-state index is 13.6. The first-order valence-electron chi connectivity index (χ1n) is 12.5. The summed E-state index contributed by atoms with van der Waals surface area (Å²) in [6.07, 6.45) is 4.37. The van der Waals surface area contributed by atoms with E-state index in [0.29, 0.717) is 22.7 Å². The van der Waals surface area contributed by atoms with Crippen LogP contribution in [0.15, 0.2) is 65.8 Å². The molecule has 0 radical (unpaired) electrons. The van der Waals surface area contributed by atoms with Gasteiger partial charge in [0, 0.05) is 46.3 Å². The topological polar surface area (TPSA) is 138 Å². The van der Waals surface area contributed by atoms with Gasteiger partial charge < -0.3 is 15.3 Å². The van der Waals surface area contributed by atoms with Crippen LogP contribution < -0.4 is 11.3 Å². The number of nitrogens with two attached hydrogens (primary N) is 1. The Morgan fingerprint density at radius 3 is 2.85 bits per heavy atom. The molecule has 1 fully saturated rings. The van der Waals surface area contributed by atoms with Gasteiger partial charge in [-0.3, -0.25) is 9.48 Å². The molecule has 0 spiro atoms. The number of aromatic nitrogens is 9. The molecule has 2 aliphatic rings. The van der Waals surface area contributed by atoms with E-state index in [0.717, 1.165) is 56.9 Å². The number of aryl methyl sites for hydroxylation is 1.